The number of rotatable bonds is 2. The normalized spacial score (nSPS) is 16.3. The number of amides is 2. The molecule has 0 bridgehead atoms. The monoisotopic (exact) mass is 388 g/mol. The molecule has 1 atom stereocenters. The van der Waals surface area contributed by atoms with E-state index >= 15 is 0 Å². The van der Waals surface area contributed by atoms with Crippen LogP contribution in [0, 0.1) is 12.7 Å². The van der Waals surface area contributed by atoms with Crippen LogP contribution in [0.2, 0.25) is 5.02 Å². The van der Waals surface area contributed by atoms with Crippen LogP contribution in [-0.2, 0) is 13.1 Å². The Kier molecular flexibility index (Phi) is 4.35. The lowest BCUT2D eigenvalue weighted by atomic mass is 10.2. The summed E-state index contributed by atoms with van der Waals surface area (Å²) in [6.07, 6.45) is 5.45. The van der Waals surface area contributed by atoms with Gasteiger partial charge in [-0.3, -0.25) is 4.68 Å². The standard InChI is InChI=1S/C18H18ClFN6O/c1-11-6-21-25(8-11)16-7-22-26-9-12(2)24(10-17(16)26)18(27)23-13-3-4-15(20)14(19)5-13/h3-8,12H,9-10H2,1-2H3,(H,23,27). The van der Waals surface area contributed by atoms with E-state index in [0.717, 1.165) is 16.9 Å². The highest BCUT2D eigenvalue weighted by Crippen LogP contribution is 2.25. The highest BCUT2D eigenvalue weighted by atomic mass is 35.5. The number of urea groups is 1. The number of halogens is 2. The third-order valence-corrected chi connectivity index (χ3v) is 4.90. The largest absolute Gasteiger partial charge is 0.322 e. The number of nitrogens with zero attached hydrogens (tertiary/aromatic N) is 5. The van der Waals surface area contributed by atoms with E-state index < -0.39 is 5.82 Å². The van der Waals surface area contributed by atoms with Gasteiger partial charge in [0.1, 0.15) is 11.5 Å². The zero-order valence-electron chi connectivity index (χ0n) is 14.9. The Bertz CT molecular complexity index is 1010. The van der Waals surface area contributed by atoms with Gasteiger partial charge in [-0.15, -0.1) is 0 Å². The molecule has 0 saturated heterocycles. The van der Waals surface area contributed by atoms with Gasteiger partial charge in [0.2, 0.25) is 0 Å². The zero-order valence-corrected chi connectivity index (χ0v) is 15.6. The summed E-state index contributed by atoms with van der Waals surface area (Å²) >= 11 is 5.79. The fourth-order valence-corrected chi connectivity index (χ4v) is 3.34. The lowest BCUT2D eigenvalue weighted by Crippen LogP contribution is -2.47. The number of aryl methyl sites for hydroxylation is 1. The van der Waals surface area contributed by atoms with E-state index in [4.69, 9.17) is 11.6 Å². The molecule has 1 unspecified atom stereocenters. The van der Waals surface area contributed by atoms with Crippen LogP contribution in [0.3, 0.4) is 0 Å². The van der Waals surface area contributed by atoms with Gasteiger partial charge in [0, 0.05) is 11.9 Å². The van der Waals surface area contributed by atoms with Crippen molar-refractivity contribution in [2.24, 2.45) is 0 Å². The first kappa shape index (κ1) is 17.5. The molecule has 2 aromatic heterocycles. The molecule has 27 heavy (non-hydrogen) atoms. The van der Waals surface area contributed by atoms with Crippen LogP contribution in [0.5, 0.6) is 0 Å². The Balaban J connectivity index is 1.58. The predicted octanol–water partition coefficient (Wildman–Crippen LogP) is 3.61. The van der Waals surface area contributed by atoms with E-state index in [0.29, 0.717) is 18.8 Å². The molecular formula is C18H18ClFN6O. The van der Waals surface area contributed by atoms with E-state index in [-0.39, 0.29) is 17.1 Å². The van der Waals surface area contributed by atoms with Crippen LogP contribution in [0.4, 0.5) is 14.9 Å². The molecule has 0 aliphatic carbocycles. The Labute approximate surface area is 160 Å². The molecule has 140 valence electrons. The van der Waals surface area contributed by atoms with Crippen LogP contribution in [0.25, 0.3) is 5.69 Å². The molecule has 3 aromatic rings. The molecule has 0 saturated carbocycles. The molecular weight excluding hydrogens is 371 g/mol. The maximum absolute atomic E-state index is 13.3. The molecule has 0 fully saturated rings. The fourth-order valence-electron chi connectivity index (χ4n) is 3.16. The van der Waals surface area contributed by atoms with E-state index in [1.54, 1.807) is 22.0 Å². The quantitative estimate of drug-likeness (QED) is 0.729. The molecule has 1 aromatic carbocycles. The van der Waals surface area contributed by atoms with Crippen molar-refractivity contribution in [3.63, 3.8) is 0 Å². The van der Waals surface area contributed by atoms with Crippen LogP contribution >= 0.6 is 11.6 Å². The van der Waals surface area contributed by atoms with Crippen molar-refractivity contribution in [3.8, 4) is 5.69 Å². The van der Waals surface area contributed by atoms with Gasteiger partial charge in [-0.2, -0.15) is 10.2 Å². The minimum Gasteiger partial charge on any atom is -0.314 e. The van der Waals surface area contributed by atoms with Crippen molar-refractivity contribution in [3.05, 3.63) is 58.9 Å². The molecule has 1 aliphatic heterocycles. The third kappa shape index (κ3) is 3.28. The average molecular weight is 389 g/mol. The van der Waals surface area contributed by atoms with Gasteiger partial charge in [0.25, 0.3) is 0 Å². The van der Waals surface area contributed by atoms with Crippen molar-refractivity contribution >= 4 is 23.3 Å². The van der Waals surface area contributed by atoms with Gasteiger partial charge in [-0.25, -0.2) is 13.9 Å². The van der Waals surface area contributed by atoms with Crippen molar-refractivity contribution in [1.29, 1.82) is 0 Å². The summed E-state index contributed by atoms with van der Waals surface area (Å²) in [5, 5.41) is 11.5. The molecule has 3 heterocycles. The van der Waals surface area contributed by atoms with Crippen LogP contribution in [0.15, 0.2) is 36.8 Å². The SMILES string of the molecule is Cc1cnn(-c2cnn3c2CN(C(=O)Nc2ccc(F)c(Cl)c2)C(C)C3)c1. The minimum absolute atomic E-state index is 0.0334. The van der Waals surface area contributed by atoms with Crippen molar-refractivity contribution in [1.82, 2.24) is 24.5 Å². The molecule has 2 amide bonds. The summed E-state index contributed by atoms with van der Waals surface area (Å²) in [4.78, 5) is 14.5. The number of carbonyl (C=O) groups is 1. The highest BCUT2D eigenvalue weighted by Gasteiger charge is 2.30. The number of aromatic nitrogens is 4. The van der Waals surface area contributed by atoms with Gasteiger partial charge in [-0.1, -0.05) is 11.6 Å². The smallest absolute Gasteiger partial charge is 0.314 e. The molecule has 0 radical (unpaired) electrons. The van der Waals surface area contributed by atoms with Gasteiger partial charge >= 0.3 is 6.03 Å². The summed E-state index contributed by atoms with van der Waals surface area (Å²) < 4.78 is 17.0. The van der Waals surface area contributed by atoms with Gasteiger partial charge in [-0.05, 0) is 37.6 Å². The van der Waals surface area contributed by atoms with E-state index in [9.17, 15) is 9.18 Å². The lowest BCUT2D eigenvalue weighted by Gasteiger charge is -2.34. The summed E-state index contributed by atoms with van der Waals surface area (Å²) in [5.41, 5.74) is 3.24. The van der Waals surface area contributed by atoms with E-state index in [1.807, 2.05) is 24.7 Å². The highest BCUT2D eigenvalue weighted by molar-refractivity contribution is 6.31. The topological polar surface area (TPSA) is 68.0 Å². The number of nitrogens with one attached hydrogen (secondary N) is 1. The molecule has 0 spiro atoms. The molecule has 1 N–H and O–H groups in total. The third-order valence-electron chi connectivity index (χ3n) is 4.61. The summed E-state index contributed by atoms with van der Waals surface area (Å²) in [5.74, 6) is -0.524. The number of hydrogen-bond donors (Lipinski definition) is 1. The second-order valence-electron chi connectivity index (χ2n) is 6.66. The Morgan fingerprint density at radius 2 is 2.15 bits per heavy atom. The van der Waals surface area contributed by atoms with Crippen molar-refractivity contribution in [2.75, 3.05) is 5.32 Å². The molecule has 9 heteroatoms. The first-order valence-corrected chi connectivity index (χ1v) is 8.89. The van der Waals surface area contributed by atoms with E-state index in [2.05, 4.69) is 15.5 Å². The summed E-state index contributed by atoms with van der Waals surface area (Å²) in [7, 11) is 0. The van der Waals surface area contributed by atoms with Crippen molar-refractivity contribution in [2.45, 2.75) is 33.0 Å². The Morgan fingerprint density at radius 1 is 1.33 bits per heavy atom. The van der Waals surface area contributed by atoms with Gasteiger partial charge in [0.05, 0.1) is 42.2 Å². The summed E-state index contributed by atoms with van der Waals surface area (Å²) in [6.45, 7) is 4.89. The summed E-state index contributed by atoms with van der Waals surface area (Å²) in [6, 6.07) is 3.77. The minimum atomic E-state index is -0.524. The van der Waals surface area contributed by atoms with E-state index in [1.165, 1.54) is 18.2 Å². The Morgan fingerprint density at radius 3 is 2.85 bits per heavy atom. The molecule has 4 rings (SSSR count). The van der Waals surface area contributed by atoms with Crippen LogP contribution < -0.4 is 5.32 Å². The fraction of sp³-hybridized carbons (Fsp3) is 0.278. The lowest BCUT2D eigenvalue weighted by molar-refractivity contribution is 0.161. The first-order chi connectivity index (χ1) is 12.9. The maximum atomic E-state index is 13.3. The van der Waals surface area contributed by atoms with Gasteiger partial charge < -0.3 is 10.2 Å². The maximum Gasteiger partial charge on any atom is 0.322 e. The van der Waals surface area contributed by atoms with Crippen LogP contribution in [0.1, 0.15) is 18.2 Å². The zero-order chi connectivity index (χ0) is 19.1. The average Bonchev–Trinajstić information content (AvgIpc) is 3.23. The Hall–Kier alpha value is -2.87. The second kappa shape index (κ2) is 6.70. The van der Waals surface area contributed by atoms with Crippen molar-refractivity contribution < 1.29 is 9.18 Å². The number of fused-ring (bicyclic) bond motifs is 1. The first-order valence-electron chi connectivity index (χ1n) is 8.51. The number of hydrogen-bond acceptors (Lipinski definition) is 3. The van der Waals surface area contributed by atoms with Crippen LogP contribution in [-0.4, -0.2) is 36.5 Å². The molecule has 1 aliphatic rings. The second-order valence-corrected chi connectivity index (χ2v) is 7.06. The number of benzene rings is 1. The molecule has 7 nitrogen and oxygen atoms in total. The number of carbonyl (C=O) groups excluding carboxylic acids is 1. The predicted molar refractivity (Wildman–Crippen MR) is 99.5 cm³/mol. The van der Waals surface area contributed by atoms with Gasteiger partial charge in [0.15, 0.2) is 0 Å². The number of anilines is 1.